The van der Waals surface area contributed by atoms with Gasteiger partial charge in [-0.15, -0.1) is 0 Å². The molecule has 2 fully saturated rings. The van der Waals surface area contributed by atoms with Crippen molar-refractivity contribution < 1.29 is 4.74 Å². The number of fused-ring (bicyclic) bond motifs is 1. The molecule has 2 aliphatic rings. The Kier molecular flexibility index (Phi) is 0.762. The molecule has 0 spiro atoms. The van der Waals surface area contributed by atoms with Crippen LogP contribution in [0.5, 0.6) is 0 Å². The summed E-state index contributed by atoms with van der Waals surface area (Å²) in [5.74, 6) is 0.927. The molecule has 0 aromatic carbocycles. The second-order valence-corrected chi connectivity index (χ2v) is 3.38. The summed E-state index contributed by atoms with van der Waals surface area (Å²) in [6, 6.07) is 0. The van der Waals surface area contributed by atoms with Gasteiger partial charge in [-0.05, 0) is 24.2 Å². The molecule has 0 amide bonds. The Hall–Kier alpha value is -0.0400. The minimum Gasteiger partial charge on any atom is -0.381 e. The average molecular weight is 112 g/mol. The van der Waals surface area contributed by atoms with Gasteiger partial charge in [-0.25, -0.2) is 0 Å². The lowest BCUT2D eigenvalue weighted by atomic mass is 10.0. The van der Waals surface area contributed by atoms with Gasteiger partial charge in [0.05, 0.1) is 0 Å². The fourth-order valence-electron chi connectivity index (χ4n) is 1.60. The van der Waals surface area contributed by atoms with Crippen molar-refractivity contribution in [2.24, 2.45) is 11.3 Å². The standard InChI is InChI=1S/C7H12O/c1-7-2-3-8-5-6(7)4-7/h6H,2-5H2,1H3. The largest absolute Gasteiger partial charge is 0.381 e. The molecule has 1 nitrogen and oxygen atoms in total. The van der Waals surface area contributed by atoms with Gasteiger partial charge in [-0.1, -0.05) is 6.92 Å². The third-order valence-corrected chi connectivity index (χ3v) is 2.67. The highest BCUT2D eigenvalue weighted by Crippen LogP contribution is 2.56. The van der Waals surface area contributed by atoms with Crippen molar-refractivity contribution in [3.63, 3.8) is 0 Å². The summed E-state index contributed by atoms with van der Waals surface area (Å²) in [6.45, 7) is 4.42. The molecule has 1 aliphatic carbocycles. The van der Waals surface area contributed by atoms with E-state index < -0.39 is 0 Å². The maximum Gasteiger partial charge on any atom is 0.0499 e. The van der Waals surface area contributed by atoms with Crippen LogP contribution in [0.25, 0.3) is 0 Å². The molecule has 1 saturated heterocycles. The monoisotopic (exact) mass is 112 g/mol. The zero-order valence-electron chi connectivity index (χ0n) is 5.31. The summed E-state index contributed by atoms with van der Waals surface area (Å²) in [7, 11) is 0. The fourth-order valence-corrected chi connectivity index (χ4v) is 1.60. The maximum absolute atomic E-state index is 5.29. The number of ether oxygens (including phenoxy) is 1. The van der Waals surface area contributed by atoms with Crippen LogP contribution < -0.4 is 0 Å². The van der Waals surface area contributed by atoms with Crippen LogP contribution in [0.2, 0.25) is 0 Å². The molecule has 0 aromatic rings. The lowest BCUT2D eigenvalue weighted by Crippen LogP contribution is -2.14. The van der Waals surface area contributed by atoms with Crippen LogP contribution in [-0.4, -0.2) is 13.2 Å². The van der Waals surface area contributed by atoms with Gasteiger partial charge in [0.2, 0.25) is 0 Å². The smallest absolute Gasteiger partial charge is 0.0499 e. The first-order valence-corrected chi connectivity index (χ1v) is 3.39. The van der Waals surface area contributed by atoms with Gasteiger partial charge in [-0.2, -0.15) is 0 Å². The maximum atomic E-state index is 5.29. The summed E-state index contributed by atoms with van der Waals surface area (Å²) in [6.07, 6.45) is 2.73. The van der Waals surface area contributed by atoms with E-state index in [1.807, 2.05) is 0 Å². The first-order chi connectivity index (χ1) is 3.81. The highest BCUT2D eigenvalue weighted by atomic mass is 16.5. The molecular formula is C7H12O. The lowest BCUT2D eigenvalue weighted by Gasteiger charge is -2.16. The molecule has 0 bridgehead atoms. The van der Waals surface area contributed by atoms with Gasteiger partial charge >= 0.3 is 0 Å². The summed E-state index contributed by atoms with van der Waals surface area (Å²) in [5, 5.41) is 0. The van der Waals surface area contributed by atoms with Gasteiger partial charge in [0, 0.05) is 13.2 Å². The number of hydrogen-bond donors (Lipinski definition) is 0. The van der Waals surface area contributed by atoms with E-state index in [0.717, 1.165) is 24.5 Å². The summed E-state index contributed by atoms with van der Waals surface area (Å²) in [4.78, 5) is 0. The summed E-state index contributed by atoms with van der Waals surface area (Å²) in [5.41, 5.74) is 0.720. The molecule has 1 heterocycles. The molecular weight excluding hydrogens is 100 g/mol. The van der Waals surface area contributed by atoms with E-state index in [9.17, 15) is 0 Å². The minimum absolute atomic E-state index is 0.720. The third kappa shape index (κ3) is 0.510. The van der Waals surface area contributed by atoms with Gasteiger partial charge < -0.3 is 4.74 Å². The highest BCUT2D eigenvalue weighted by Gasteiger charge is 2.51. The molecule has 0 radical (unpaired) electrons. The van der Waals surface area contributed by atoms with Crippen molar-refractivity contribution in [2.45, 2.75) is 19.8 Å². The van der Waals surface area contributed by atoms with Crippen LogP contribution in [0, 0.1) is 11.3 Å². The van der Waals surface area contributed by atoms with Crippen molar-refractivity contribution in [3.8, 4) is 0 Å². The quantitative estimate of drug-likeness (QED) is 0.460. The average Bonchev–Trinajstić information content (AvgIpc) is 2.39. The number of hydrogen-bond acceptors (Lipinski definition) is 1. The number of rotatable bonds is 0. The normalized spacial score (nSPS) is 52.9. The topological polar surface area (TPSA) is 9.23 Å². The molecule has 0 aromatic heterocycles. The van der Waals surface area contributed by atoms with E-state index in [4.69, 9.17) is 4.74 Å². The zero-order valence-corrected chi connectivity index (χ0v) is 5.31. The van der Waals surface area contributed by atoms with Crippen LogP contribution in [0.1, 0.15) is 19.8 Å². The zero-order chi connectivity index (χ0) is 5.61. The van der Waals surface area contributed by atoms with E-state index >= 15 is 0 Å². The van der Waals surface area contributed by atoms with Gasteiger partial charge in [-0.3, -0.25) is 0 Å². The third-order valence-electron chi connectivity index (χ3n) is 2.67. The summed E-state index contributed by atoms with van der Waals surface area (Å²) >= 11 is 0. The van der Waals surface area contributed by atoms with Crippen molar-refractivity contribution in [1.29, 1.82) is 0 Å². The van der Waals surface area contributed by atoms with E-state index in [1.54, 1.807) is 0 Å². The first-order valence-electron chi connectivity index (χ1n) is 3.39. The van der Waals surface area contributed by atoms with Crippen LogP contribution in [0.15, 0.2) is 0 Å². The Balaban J connectivity index is 2.04. The molecule has 1 saturated carbocycles. The molecule has 1 aliphatic heterocycles. The Morgan fingerprint density at radius 1 is 1.62 bits per heavy atom. The molecule has 2 rings (SSSR count). The van der Waals surface area contributed by atoms with E-state index in [-0.39, 0.29) is 0 Å². The first kappa shape index (κ1) is 4.80. The Labute approximate surface area is 50.0 Å². The van der Waals surface area contributed by atoms with Crippen molar-refractivity contribution in [1.82, 2.24) is 0 Å². The van der Waals surface area contributed by atoms with Crippen molar-refractivity contribution in [3.05, 3.63) is 0 Å². The Morgan fingerprint density at radius 3 is 3.00 bits per heavy atom. The Bertz CT molecular complexity index is 109. The fraction of sp³-hybridized carbons (Fsp3) is 1.00. The van der Waals surface area contributed by atoms with Gasteiger partial charge in [0.1, 0.15) is 0 Å². The van der Waals surface area contributed by atoms with E-state index in [0.29, 0.717) is 0 Å². The highest BCUT2D eigenvalue weighted by molar-refractivity contribution is 5.00. The predicted octanol–water partition coefficient (Wildman–Crippen LogP) is 1.43. The van der Waals surface area contributed by atoms with Gasteiger partial charge in [0.15, 0.2) is 0 Å². The molecule has 8 heavy (non-hydrogen) atoms. The van der Waals surface area contributed by atoms with Crippen LogP contribution in [0.3, 0.4) is 0 Å². The predicted molar refractivity (Wildman–Crippen MR) is 31.6 cm³/mol. The molecule has 2 unspecified atom stereocenters. The lowest BCUT2D eigenvalue weighted by molar-refractivity contribution is 0.0667. The summed E-state index contributed by atoms with van der Waals surface area (Å²) < 4.78 is 5.29. The van der Waals surface area contributed by atoms with Crippen LogP contribution >= 0.6 is 0 Å². The second-order valence-electron chi connectivity index (χ2n) is 3.38. The second kappa shape index (κ2) is 1.27. The van der Waals surface area contributed by atoms with E-state index in [1.165, 1.54) is 12.8 Å². The van der Waals surface area contributed by atoms with Gasteiger partial charge in [0.25, 0.3) is 0 Å². The van der Waals surface area contributed by atoms with Crippen molar-refractivity contribution in [2.75, 3.05) is 13.2 Å². The SMILES string of the molecule is CC12CCOCC1C2. The molecule has 46 valence electrons. The van der Waals surface area contributed by atoms with Crippen LogP contribution in [-0.2, 0) is 4.74 Å². The minimum atomic E-state index is 0.720. The van der Waals surface area contributed by atoms with Crippen molar-refractivity contribution >= 4 is 0 Å². The van der Waals surface area contributed by atoms with Crippen LogP contribution in [0.4, 0.5) is 0 Å². The molecule has 2 atom stereocenters. The van der Waals surface area contributed by atoms with E-state index in [2.05, 4.69) is 6.92 Å². The molecule has 1 heteroatoms. The molecule has 0 N–H and O–H groups in total. The Morgan fingerprint density at radius 2 is 2.50 bits per heavy atom.